The monoisotopic (exact) mass is 252 g/mol. The zero-order valence-electron chi connectivity index (χ0n) is 10.7. The van der Waals surface area contributed by atoms with Gasteiger partial charge in [0.25, 0.3) is 0 Å². The van der Waals surface area contributed by atoms with Crippen LogP contribution in [-0.4, -0.2) is 18.3 Å². The van der Waals surface area contributed by atoms with Gasteiger partial charge < -0.3 is 9.84 Å². The van der Waals surface area contributed by atoms with Crippen LogP contribution >= 0.6 is 0 Å². The fourth-order valence-corrected chi connectivity index (χ4v) is 2.31. The lowest BCUT2D eigenvalue weighted by atomic mass is 10.0. The summed E-state index contributed by atoms with van der Waals surface area (Å²) in [6.45, 7) is 0.705. The molecule has 19 heavy (non-hydrogen) atoms. The summed E-state index contributed by atoms with van der Waals surface area (Å²) in [6, 6.07) is 18.8. The zero-order valence-corrected chi connectivity index (χ0v) is 10.7. The zero-order chi connectivity index (χ0) is 13.1. The van der Waals surface area contributed by atoms with Gasteiger partial charge >= 0.3 is 0 Å². The molecule has 0 fully saturated rings. The lowest BCUT2D eigenvalue weighted by Crippen LogP contribution is -1.99. The normalized spacial score (nSPS) is 11.0. The maximum absolute atomic E-state index is 8.82. The molecule has 0 aliphatic heterocycles. The first kappa shape index (κ1) is 12.0. The molecular formula is C17H16O2. The average Bonchev–Trinajstić information content (AvgIpc) is 2.46. The van der Waals surface area contributed by atoms with Crippen LogP contribution in [0.25, 0.3) is 21.5 Å². The fraction of sp³-hybridized carbons (Fsp3) is 0.176. The number of aliphatic hydroxyl groups is 1. The van der Waals surface area contributed by atoms with Crippen LogP contribution in [0.15, 0.2) is 54.6 Å². The number of fused-ring (bicyclic) bond motifs is 2. The van der Waals surface area contributed by atoms with Crippen LogP contribution in [0.1, 0.15) is 6.42 Å². The van der Waals surface area contributed by atoms with Crippen molar-refractivity contribution in [3.63, 3.8) is 0 Å². The van der Waals surface area contributed by atoms with E-state index in [2.05, 4.69) is 36.4 Å². The second kappa shape index (κ2) is 5.29. The number of ether oxygens (including phenoxy) is 1. The molecule has 3 rings (SSSR count). The predicted molar refractivity (Wildman–Crippen MR) is 78.7 cm³/mol. The highest BCUT2D eigenvalue weighted by molar-refractivity contribution is 6.00. The lowest BCUT2D eigenvalue weighted by molar-refractivity contribution is 0.235. The highest BCUT2D eigenvalue weighted by Crippen LogP contribution is 2.29. The van der Waals surface area contributed by atoms with Gasteiger partial charge in [0.05, 0.1) is 6.61 Å². The first-order valence-corrected chi connectivity index (χ1v) is 6.54. The number of aliphatic hydroxyl groups excluding tert-OH is 1. The Labute approximate surface area is 112 Å². The molecule has 3 aromatic rings. The smallest absolute Gasteiger partial charge is 0.127 e. The van der Waals surface area contributed by atoms with E-state index < -0.39 is 0 Å². The molecule has 0 aromatic heterocycles. The average molecular weight is 252 g/mol. The molecule has 0 heterocycles. The Kier molecular flexibility index (Phi) is 3.34. The molecule has 2 nitrogen and oxygen atoms in total. The number of hydrogen-bond acceptors (Lipinski definition) is 2. The van der Waals surface area contributed by atoms with Gasteiger partial charge in [-0.3, -0.25) is 0 Å². The summed E-state index contributed by atoms with van der Waals surface area (Å²) in [5, 5.41) is 13.6. The Bertz CT molecular complexity index is 704. The van der Waals surface area contributed by atoms with E-state index in [4.69, 9.17) is 9.84 Å². The summed E-state index contributed by atoms with van der Waals surface area (Å²) >= 11 is 0. The van der Waals surface area contributed by atoms with Crippen molar-refractivity contribution in [1.82, 2.24) is 0 Å². The van der Waals surface area contributed by atoms with Crippen molar-refractivity contribution in [1.29, 1.82) is 0 Å². The summed E-state index contributed by atoms with van der Waals surface area (Å²) in [7, 11) is 0. The van der Waals surface area contributed by atoms with E-state index in [0.29, 0.717) is 13.0 Å². The summed E-state index contributed by atoms with van der Waals surface area (Å²) in [4.78, 5) is 0. The van der Waals surface area contributed by atoms with Crippen LogP contribution in [0.5, 0.6) is 5.75 Å². The maximum atomic E-state index is 8.82. The molecule has 0 bridgehead atoms. The van der Waals surface area contributed by atoms with E-state index in [1.165, 1.54) is 16.2 Å². The van der Waals surface area contributed by atoms with Crippen LogP contribution in [0.2, 0.25) is 0 Å². The van der Waals surface area contributed by atoms with Gasteiger partial charge in [0, 0.05) is 18.4 Å². The molecule has 0 amide bonds. The van der Waals surface area contributed by atoms with E-state index in [0.717, 1.165) is 11.1 Å². The minimum absolute atomic E-state index is 0.160. The first-order valence-electron chi connectivity index (χ1n) is 6.54. The highest BCUT2D eigenvalue weighted by atomic mass is 16.5. The third-order valence-corrected chi connectivity index (χ3v) is 3.27. The van der Waals surface area contributed by atoms with Gasteiger partial charge in [-0.05, 0) is 34.4 Å². The molecule has 0 aliphatic rings. The van der Waals surface area contributed by atoms with Gasteiger partial charge in [-0.2, -0.15) is 0 Å². The Morgan fingerprint density at radius 1 is 0.842 bits per heavy atom. The molecule has 0 atom stereocenters. The molecule has 3 aromatic carbocycles. The van der Waals surface area contributed by atoms with Crippen LogP contribution in [-0.2, 0) is 0 Å². The molecule has 0 aliphatic carbocycles. The van der Waals surface area contributed by atoms with Crippen molar-refractivity contribution in [2.24, 2.45) is 0 Å². The lowest BCUT2D eigenvalue weighted by Gasteiger charge is -2.10. The Balaban J connectivity index is 2.09. The summed E-state index contributed by atoms with van der Waals surface area (Å²) in [5.41, 5.74) is 0. The standard InChI is InChI=1S/C17H16O2/c18-9-4-10-19-17-8-3-7-15-11-13-5-1-2-6-14(13)12-16(15)17/h1-3,5-8,11-12,18H,4,9-10H2. The van der Waals surface area contributed by atoms with Crippen LogP contribution in [0.4, 0.5) is 0 Å². The highest BCUT2D eigenvalue weighted by Gasteiger charge is 2.03. The first-order chi connectivity index (χ1) is 9.38. The van der Waals surface area contributed by atoms with Gasteiger partial charge in [0.1, 0.15) is 5.75 Å². The third-order valence-electron chi connectivity index (χ3n) is 3.27. The van der Waals surface area contributed by atoms with Crippen molar-refractivity contribution >= 4 is 21.5 Å². The Hall–Kier alpha value is -2.06. The molecule has 0 saturated heterocycles. The van der Waals surface area contributed by atoms with Gasteiger partial charge in [0.2, 0.25) is 0 Å². The molecule has 0 radical (unpaired) electrons. The second-order valence-electron chi connectivity index (χ2n) is 4.60. The van der Waals surface area contributed by atoms with E-state index in [-0.39, 0.29) is 6.61 Å². The van der Waals surface area contributed by atoms with E-state index in [9.17, 15) is 0 Å². The fourth-order valence-electron chi connectivity index (χ4n) is 2.31. The molecule has 0 saturated carbocycles. The molecule has 0 unspecified atom stereocenters. The van der Waals surface area contributed by atoms with Crippen LogP contribution < -0.4 is 4.74 Å². The SMILES string of the molecule is OCCCOc1cccc2cc3ccccc3cc12. The Morgan fingerprint density at radius 3 is 2.37 bits per heavy atom. The van der Waals surface area contributed by atoms with E-state index >= 15 is 0 Å². The minimum Gasteiger partial charge on any atom is -0.493 e. The van der Waals surface area contributed by atoms with Crippen molar-refractivity contribution < 1.29 is 9.84 Å². The van der Waals surface area contributed by atoms with Gasteiger partial charge in [-0.25, -0.2) is 0 Å². The number of benzene rings is 3. The number of rotatable bonds is 4. The largest absolute Gasteiger partial charge is 0.493 e. The molecule has 96 valence electrons. The molecular weight excluding hydrogens is 236 g/mol. The summed E-state index contributed by atoms with van der Waals surface area (Å²) in [6.07, 6.45) is 0.657. The minimum atomic E-state index is 0.160. The van der Waals surface area contributed by atoms with Crippen LogP contribution in [0.3, 0.4) is 0 Å². The van der Waals surface area contributed by atoms with Gasteiger partial charge in [-0.1, -0.05) is 36.4 Å². The number of hydrogen-bond donors (Lipinski definition) is 1. The van der Waals surface area contributed by atoms with Crippen molar-refractivity contribution in [3.05, 3.63) is 54.6 Å². The predicted octanol–water partition coefficient (Wildman–Crippen LogP) is 3.75. The molecule has 2 heteroatoms. The quantitative estimate of drug-likeness (QED) is 0.566. The van der Waals surface area contributed by atoms with E-state index in [1.54, 1.807) is 0 Å². The Morgan fingerprint density at radius 2 is 1.58 bits per heavy atom. The maximum Gasteiger partial charge on any atom is 0.127 e. The topological polar surface area (TPSA) is 29.5 Å². The van der Waals surface area contributed by atoms with Crippen molar-refractivity contribution in [3.8, 4) is 5.75 Å². The van der Waals surface area contributed by atoms with E-state index in [1.807, 2.05) is 18.2 Å². The van der Waals surface area contributed by atoms with Crippen molar-refractivity contribution in [2.45, 2.75) is 6.42 Å². The molecule has 1 N–H and O–H groups in total. The van der Waals surface area contributed by atoms with Gasteiger partial charge in [0.15, 0.2) is 0 Å². The van der Waals surface area contributed by atoms with Gasteiger partial charge in [-0.15, -0.1) is 0 Å². The summed E-state index contributed by atoms with van der Waals surface area (Å²) in [5.74, 6) is 0.886. The molecule has 0 spiro atoms. The second-order valence-corrected chi connectivity index (χ2v) is 4.60. The third kappa shape index (κ3) is 2.40. The van der Waals surface area contributed by atoms with Crippen molar-refractivity contribution in [2.75, 3.05) is 13.2 Å². The summed E-state index contributed by atoms with van der Waals surface area (Å²) < 4.78 is 5.75. The van der Waals surface area contributed by atoms with Crippen LogP contribution in [0, 0.1) is 0 Å².